The summed E-state index contributed by atoms with van der Waals surface area (Å²) in [6.45, 7) is 4.23. The summed E-state index contributed by atoms with van der Waals surface area (Å²) in [7, 11) is 0. The fourth-order valence-corrected chi connectivity index (χ4v) is 4.30. The van der Waals surface area contributed by atoms with E-state index >= 15 is 0 Å². The molecule has 7 heteroatoms. The topological polar surface area (TPSA) is 71.1 Å². The molecule has 0 saturated heterocycles. The van der Waals surface area contributed by atoms with Crippen LogP contribution in [-0.2, 0) is 11.3 Å². The van der Waals surface area contributed by atoms with Gasteiger partial charge in [-0.2, -0.15) is 0 Å². The number of carbonyl (C=O) groups is 2. The predicted octanol–water partition coefficient (Wildman–Crippen LogP) is 3.84. The predicted molar refractivity (Wildman–Crippen MR) is 111 cm³/mol. The number of hydrogen-bond acceptors (Lipinski definition) is 5. The molecule has 0 unspecified atom stereocenters. The summed E-state index contributed by atoms with van der Waals surface area (Å²) in [5, 5.41) is 6.65. The van der Waals surface area contributed by atoms with Crippen molar-refractivity contribution in [3.8, 4) is 0 Å². The average Bonchev–Trinajstić information content (AvgIpc) is 3.07. The van der Waals surface area contributed by atoms with Gasteiger partial charge in [-0.1, -0.05) is 24.3 Å². The number of benzene rings is 2. The van der Waals surface area contributed by atoms with E-state index in [1.807, 2.05) is 56.3 Å². The number of para-hydroxylation sites is 1. The molecule has 0 aliphatic heterocycles. The summed E-state index contributed by atoms with van der Waals surface area (Å²) in [4.78, 5) is 29.8. The smallest absolute Gasteiger partial charge is 0.252 e. The van der Waals surface area contributed by atoms with Gasteiger partial charge in [-0.3, -0.25) is 9.59 Å². The highest BCUT2D eigenvalue weighted by molar-refractivity contribution is 8.00. The van der Waals surface area contributed by atoms with E-state index in [9.17, 15) is 9.59 Å². The lowest BCUT2D eigenvalue weighted by Crippen LogP contribution is -2.31. The molecule has 27 heavy (non-hydrogen) atoms. The van der Waals surface area contributed by atoms with Crippen LogP contribution >= 0.6 is 23.1 Å². The number of nitrogens with one attached hydrogen (secondary N) is 2. The van der Waals surface area contributed by atoms with Crippen LogP contribution in [0.5, 0.6) is 0 Å². The molecular weight excluding hydrogens is 378 g/mol. The third-order valence-electron chi connectivity index (χ3n) is 3.68. The van der Waals surface area contributed by atoms with Gasteiger partial charge < -0.3 is 10.6 Å². The first kappa shape index (κ1) is 19.4. The molecule has 2 aromatic carbocycles. The molecule has 3 aromatic rings. The third kappa shape index (κ3) is 5.30. The number of fused-ring (bicyclic) bond motifs is 1. The van der Waals surface area contributed by atoms with E-state index in [-0.39, 0.29) is 23.6 Å². The van der Waals surface area contributed by atoms with Gasteiger partial charge in [-0.05, 0) is 38.1 Å². The Morgan fingerprint density at radius 3 is 2.63 bits per heavy atom. The van der Waals surface area contributed by atoms with Crippen molar-refractivity contribution in [3.05, 3.63) is 59.1 Å². The molecule has 1 aromatic heterocycles. The molecule has 0 atom stereocenters. The minimum absolute atomic E-state index is 0.0420. The van der Waals surface area contributed by atoms with E-state index < -0.39 is 0 Å². The highest BCUT2D eigenvalue weighted by Gasteiger charge is 2.14. The summed E-state index contributed by atoms with van der Waals surface area (Å²) in [5.41, 5.74) is 1.51. The molecule has 5 nitrogen and oxygen atoms in total. The van der Waals surface area contributed by atoms with Gasteiger partial charge in [0.2, 0.25) is 5.91 Å². The van der Waals surface area contributed by atoms with Crippen molar-refractivity contribution in [3.63, 3.8) is 0 Å². The molecule has 0 saturated carbocycles. The van der Waals surface area contributed by atoms with E-state index in [1.54, 1.807) is 17.4 Å². The second-order valence-electron chi connectivity index (χ2n) is 6.27. The number of thioether (sulfide) groups is 1. The molecule has 0 spiro atoms. The summed E-state index contributed by atoms with van der Waals surface area (Å²) in [6, 6.07) is 15.3. The Balaban J connectivity index is 1.63. The van der Waals surface area contributed by atoms with Crippen LogP contribution in [0.25, 0.3) is 10.2 Å². The lowest BCUT2D eigenvalue weighted by atomic mass is 10.2. The van der Waals surface area contributed by atoms with E-state index in [2.05, 4.69) is 15.6 Å². The highest BCUT2D eigenvalue weighted by atomic mass is 32.2. The number of amides is 2. The maximum Gasteiger partial charge on any atom is 0.252 e. The molecule has 0 radical (unpaired) electrons. The van der Waals surface area contributed by atoms with Gasteiger partial charge in [0.25, 0.3) is 5.91 Å². The molecule has 3 rings (SSSR count). The van der Waals surface area contributed by atoms with Crippen LogP contribution in [0.3, 0.4) is 0 Å². The first-order chi connectivity index (χ1) is 13.0. The van der Waals surface area contributed by atoms with Gasteiger partial charge in [0, 0.05) is 10.9 Å². The second kappa shape index (κ2) is 9.01. The molecule has 2 amide bonds. The van der Waals surface area contributed by atoms with Crippen LogP contribution in [0.2, 0.25) is 0 Å². The molecule has 0 fully saturated rings. The van der Waals surface area contributed by atoms with Crippen LogP contribution in [-0.4, -0.2) is 28.6 Å². The minimum atomic E-state index is -0.165. The lowest BCUT2D eigenvalue weighted by Gasteiger charge is -2.11. The SMILES string of the molecule is CC(C)NC(=O)CSc1ccccc1C(=O)NCc1nc2ccccc2s1. The monoisotopic (exact) mass is 399 g/mol. The number of nitrogens with zero attached hydrogens (tertiary/aromatic N) is 1. The zero-order chi connectivity index (χ0) is 19.2. The Kier molecular flexibility index (Phi) is 6.47. The molecule has 0 aliphatic carbocycles. The van der Waals surface area contributed by atoms with Gasteiger partial charge in [-0.25, -0.2) is 4.98 Å². The van der Waals surface area contributed by atoms with Crippen LogP contribution in [0.4, 0.5) is 0 Å². The quantitative estimate of drug-likeness (QED) is 0.592. The number of carbonyl (C=O) groups excluding carboxylic acids is 2. The summed E-state index contributed by atoms with van der Waals surface area (Å²) < 4.78 is 1.11. The molecule has 140 valence electrons. The fourth-order valence-electron chi connectivity index (χ4n) is 2.53. The van der Waals surface area contributed by atoms with Crippen molar-refractivity contribution >= 4 is 45.1 Å². The maximum absolute atomic E-state index is 12.6. The number of rotatable bonds is 7. The fraction of sp³-hybridized carbons (Fsp3) is 0.250. The van der Waals surface area contributed by atoms with Crippen molar-refractivity contribution in [1.82, 2.24) is 15.6 Å². The van der Waals surface area contributed by atoms with Crippen LogP contribution < -0.4 is 10.6 Å². The zero-order valence-corrected chi connectivity index (χ0v) is 16.8. The minimum Gasteiger partial charge on any atom is -0.353 e. The standard InChI is InChI=1S/C20H21N3O2S2/c1-13(2)22-18(24)12-26-16-9-5-3-7-14(16)20(25)21-11-19-23-15-8-4-6-10-17(15)27-19/h3-10,13H,11-12H2,1-2H3,(H,21,25)(H,22,24). The summed E-state index contributed by atoms with van der Waals surface area (Å²) in [6.07, 6.45) is 0. The van der Waals surface area contributed by atoms with Crippen LogP contribution in [0.1, 0.15) is 29.2 Å². The second-order valence-corrected chi connectivity index (χ2v) is 8.40. The van der Waals surface area contributed by atoms with Crippen LogP contribution in [0.15, 0.2) is 53.4 Å². The number of thiazole rings is 1. The highest BCUT2D eigenvalue weighted by Crippen LogP contribution is 2.24. The van der Waals surface area contributed by atoms with Gasteiger partial charge in [-0.15, -0.1) is 23.1 Å². The Labute approximate surface area is 166 Å². The number of aromatic nitrogens is 1. The van der Waals surface area contributed by atoms with Gasteiger partial charge in [0.15, 0.2) is 0 Å². The Morgan fingerprint density at radius 1 is 1.11 bits per heavy atom. The first-order valence-corrected chi connectivity index (χ1v) is 10.5. The molecule has 1 heterocycles. The summed E-state index contributed by atoms with van der Waals surface area (Å²) >= 11 is 2.94. The number of hydrogen-bond donors (Lipinski definition) is 2. The first-order valence-electron chi connectivity index (χ1n) is 8.67. The molecular formula is C20H21N3O2S2. The van der Waals surface area contributed by atoms with Gasteiger partial charge in [0.05, 0.1) is 28.1 Å². The normalized spacial score (nSPS) is 10.9. The van der Waals surface area contributed by atoms with E-state index in [1.165, 1.54) is 11.8 Å². The van der Waals surface area contributed by atoms with E-state index in [0.29, 0.717) is 12.1 Å². The molecule has 0 aliphatic rings. The Bertz CT molecular complexity index is 920. The van der Waals surface area contributed by atoms with Crippen molar-refractivity contribution in [1.29, 1.82) is 0 Å². The van der Waals surface area contributed by atoms with E-state index in [0.717, 1.165) is 20.1 Å². The average molecular weight is 400 g/mol. The van der Waals surface area contributed by atoms with Crippen LogP contribution in [0, 0.1) is 0 Å². The van der Waals surface area contributed by atoms with Crippen molar-refractivity contribution < 1.29 is 9.59 Å². The van der Waals surface area contributed by atoms with Crippen molar-refractivity contribution in [2.45, 2.75) is 31.3 Å². The lowest BCUT2D eigenvalue weighted by molar-refractivity contribution is -0.119. The molecule has 2 N–H and O–H groups in total. The molecule has 0 bridgehead atoms. The Morgan fingerprint density at radius 2 is 1.85 bits per heavy atom. The van der Waals surface area contributed by atoms with Gasteiger partial charge in [0.1, 0.15) is 5.01 Å². The van der Waals surface area contributed by atoms with Crippen molar-refractivity contribution in [2.75, 3.05) is 5.75 Å². The zero-order valence-electron chi connectivity index (χ0n) is 15.2. The van der Waals surface area contributed by atoms with Crippen molar-refractivity contribution in [2.24, 2.45) is 0 Å². The van der Waals surface area contributed by atoms with Gasteiger partial charge >= 0.3 is 0 Å². The van der Waals surface area contributed by atoms with E-state index in [4.69, 9.17) is 0 Å². The third-order valence-corrected chi connectivity index (χ3v) is 5.79. The summed E-state index contributed by atoms with van der Waals surface area (Å²) in [5.74, 6) is 0.0710. The largest absolute Gasteiger partial charge is 0.353 e. The maximum atomic E-state index is 12.6. The Hall–Kier alpha value is -2.38.